The first-order valence-electron chi connectivity index (χ1n) is 15.0. The first-order chi connectivity index (χ1) is 21.4. The van der Waals surface area contributed by atoms with E-state index in [0.29, 0.717) is 42.4 Å². The number of fused-ring (bicyclic) bond motifs is 1. The Balaban J connectivity index is 1.42. The number of hydrogen-bond donors (Lipinski definition) is 3. The van der Waals surface area contributed by atoms with Gasteiger partial charge in [-0.15, -0.1) is 0 Å². The van der Waals surface area contributed by atoms with Gasteiger partial charge in [-0.2, -0.15) is 18.2 Å². The van der Waals surface area contributed by atoms with E-state index in [1.165, 1.54) is 0 Å². The molecule has 0 atom stereocenters. The maximum atomic E-state index is 14.1. The van der Waals surface area contributed by atoms with Gasteiger partial charge < -0.3 is 29.7 Å². The van der Waals surface area contributed by atoms with Gasteiger partial charge in [0.05, 0.1) is 36.7 Å². The van der Waals surface area contributed by atoms with Crippen LogP contribution in [0.5, 0.6) is 0 Å². The maximum absolute atomic E-state index is 14.1. The van der Waals surface area contributed by atoms with Crippen molar-refractivity contribution in [1.29, 1.82) is 0 Å². The Morgan fingerprint density at radius 1 is 1.02 bits per heavy atom. The molecule has 0 bridgehead atoms. The number of carbonyl (C=O) groups excluding carboxylic acids is 1. The molecule has 0 unspecified atom stereocenters. The minimum atomic E-state index is -4.76. The van der Waals surface area contributed by atoms with Crippen LogP contribution in [0.1, 0.15) is 78.1 Å². The van der Waals surface area contributed by atoms with Crippen molar-refractivity contribution in [2.45, 2.75) is 70.4 Å². The molecule has 3 aromatic rings. The van der Waals surface area contributed by atoms with Crippen LogP contribution in [0.25, 0.3) is 0 Å². The highest BCUT2D eigenvalue weighted by Crippen LogP contribution is 2.51. The lowest BCUT2D eigenvalue weighted by atomic mass is 9.80. The molecular weight excluding hydrogens is 610 g/mol. The Morgan fingerprint density at radius 2 is 1.69 bits per heavy atom. The minimum Gasteiger partial charge on any atom is -0.393 e. The Hall–Kier alpha value is -3.51. The molecule has 1 aliphatic carbocycles. The SMILES string of the molecule is CCOP(=O)(Cc1ccc(Nc2ncc(C(F)(F)F)c(Nc3ccc(C4CCC(O)CC4)c4c3C(=O)N(C)C4)n2)cc1)OCC. The second-order valence-electron chi connectivity index (χ2n) is 11.2. The average Bonchev–Trinajstić information content (AvgIpc) is 3.28. The maximum Gasteiger partial charge on any atom is 0.421 e. The lowest BCUT2D eigenvalue weighted by molar-refractivity contribution is -0.137. The van der Waals surface area contributed by atoms with Crippen LogP contribution in [0, 0.1) is 0 Å². The third-order valence-electron chi connectivity index (χ3n) is 8.03. The van der Waals surface area contributed by atoms with Crippen molar-refractivity contribution in [3.63, 3.8) is 0 Å². The Kier molecular flexibility index (Phi) is 9.83. The van der Waals surface area contributed by atoms with Gasteiger partial charge in [0.2, 0.25) is 5.95 Å². The van der Waals surface area contributed by atoms with Crippen LogP contribution in [-0.4, -0.2) is 52.2 Å². The van der Waals surface area contributed by atoms with E-state index in [4.69, 9.17) is 9.05 Å². The lowest BCUT2D eigenvalue weighted by Crippen LogP contribution is -2.18. The van der Waals surface area contributed by atoms with E-state index in [1.807, 2.05) is 6.07 Å². The van der Waals surface area contributed by atoms with Crippen LogP contribution in [-0.2, 0) is 32.5 Å². The Morgan fingerprint density at radius 3 is 2.31 bits per heavy atom. The van der Waals surface area contributed by atoms with Crippen molar-refractivity contribution in [1.82, 2.24) is 14.9 Å². The molecule has 5 rings (SSSR count). The van der Waals surface area contributed by atoms with Crippen LogP contribution >= 0.6 is 7.60 Å². The highest BCUT2D eigenvalue weighted by Gasteiger charge is 2.37. The topological polar surface area (TPSA) is 126 Å². The van der Waals surface area contributed by atoms with Gasteiger partial charge in [-0.1, -0.05) is 18.2 Å². The number of amides is 1. The van der Waals surface area contributed by atoms with E-state index >= 15 is 0 Å². The van der Waals surface area contributed by atoms with E-state index in [0.717, 1.165) is 24.0 Å². The fraction of sp³-hybridized carbons (Fsp3) is 0.452. The highest BCUT2D eigenvalue weighted by molar-refractivity contribution is 7.53. The summed E-state index contributed by atoms with van der Waals surface area (Å²) in [4.78, 5) is 22.8. The molecule has 1 aromatic heterocycles. The number of nitrogens with zero attached hydrogens (tertiary/aromatic N) is 3. The Labute approximate surface area is 259 Å². The monoisotopic (exact) mass is 647 g/mol. The summed E-state index contributed by atoms with van der Waals surface area (Å²) in [7, 11) is -1.65. The number of aliphatic hydroxyl groups excluding tert-OH is 1. The zero-order valence-electron chi connectivity index (χ0n) is 25.4. The van der Waals surface area contributed by atoms with Gasteiger partial charge in [-0.3, -0.25) is 9.36 Å². The van der Waals surface area contributed by atoms with Gasteiger partial charge in [0, 0.05) is 25.5 Å². The van der Waals surface area contributed by atoms with Gasteiger partial charge in [-0.05, 0) is 80.3 Å². The molecule has 2 heterocycles. The smallest absolute Gasteiger partial charge is 0.393 e. The van der Waals surface area contributed by atoms with Crippen molar-refractivity contribution in [3.8, 4) is 0 Å². The van der Waals surface area contributed by atoms with Gasteiger partial charge in [-0.25, -0.2) is 4.98 Å². The van der Waals surface area contributed by atoms with Crippen LogP contribution in [0.15, 0.2) is 42.6 Å². The van der Waals surface area contributed by atoms with Crippen molar-refractivity contribution >= 4 is 36.6 Å². The molecule has 2 aromatic carbocycles. The molecule has 1 amide bonds. The predicted octanol–water partition coefficient (Wildman–Crippen LogP) is 7.35. The van der Waals surface area contributed by atoms with Crippen molar-refractivity contribution in [2.75, 3.05) is 30.9 Å². The van der Waals surface area contributed by atoms with E-state index < -0.39 is 25.2 Å². The number of benzene rings is 2. The van der Waals surface area contributed by atoms with Crippen molar-refractivity contribution < 1.29 is 36.7 Å². The molecule has 14 heteroatoms. The predicted molar refractivity (Wildman–Crippen MR) is 164 cm³/mol. The van der Waals surface area contributed by atoms with Crippen LogP contribution in [0.3, 0.4) is 0 Å². The summed E-state index contributed by atoms with van der Waals surface area (Å²) >= 11 is 0. The van der Waals surface area contributed by atoms with Crippen LogP contribution in [0.2, 0.25) is 0 Å². The number of hydrogen-bond acceptors (Lipinski definition) is 9. The normalized spacial score (nSPS) is 18.6. The summed E-state index contributed by atoms with van der Waals surface area (Å²) in [5, 5.41) is 15.7. The third kappa shape index (κ3) is 7.49. The van der Waals surface area contributed by atoms with E-state index in [2.05, 4.69) is 20.6 Å². The minimum absolute atomic E-state index is 0.0690. The summed E-state index contributed by atoms with van der Waals surface area (Å²) in [6.45, 7) is 4.29. The number of alkyl halides is 3. The highest BCUT2D eigenvalue weighted by atomic mass is 31.2. The summed E-state index contributed by atoms with van der Waals surface area (Å²) < 4.78 is 65.8. The van der Waals surface area contributed by atoms with Gasteiger partial charge in [0.25, 0.3) is 5.91 Å². The molecule has 2 aliphatic rings. The first kappa shape index (κ1) is 32.9. The largest absolute Gasteiger partial charge is 0.421 e. The van der Waals surface area contributed by atoms with Gasteiger partial charge >= 0.3 is 13.8 Å². The van der Waals surface area contributed by atoms with Gasteiger partial charge in [0.1, 0.15) is 11.4 Å². The zero-order chi connectivity index (χ0) is 32.4. The molecule has 242 valence electrons. The second-order valence-corrected chi connectivity index (χ2v) is 13.3. The van der Waals surface area contributed by atoms with Crippen molar-refractivity contribution in [3.05, 3.63) is 70.4 Å². The second kappa shape index (κ2) is 13.5. The standard InChI is InChI=1S/C31H37F3N5O5P/c1-4-43-45(42,44-5-2)18-19-6-10-21(11-7-19)36-30-35-16-25(31(32,33)34)28(38-30)37-26-15-14-23(20-8-12-22(40)13-9-20)24-17-39(3)29(41)27(24)26/h6-7,10-11,14-16,20,22,40H,4-5,8-9,12-13,17-18H2,1-3H3,(H2,35,36,37,38). The molecule has 10 nitrogen and oxygen atoms in total. The lowest BCUT2D eigenvalue weighted by Gasteiger charge is -2.27. The fourth-order valence-electron chi connectivity index (χ4n) is 5.89. The molecule has 0 saturated heterocycles. The summed E-state index contributed by atoms with van der Waals surface area (Å²) in [5.41, 5.74) is 2.44. The van der Waals surface area contributed by atoms with Gasteiger partial charge in [0.15, 0.2) is 0 Å². The number of rotatable bonds is 11. The van der Waals surface area contributed by atoms with Crippen LogP contribution < -0.4 is 10.6 Å². The van der Waals surface area contributed by atoms with E-state index in [1.54, 1.807) is 56.1 Å². The molecule has 0 spiro atoms. The van der Waals surface area contributed by atoms with E-state index in [-0.39, 0.29) is 48.9 Å². The zero-order valence-corrected chi connectivity index (χ0v) is 26.3. The number of nitrogens with one attached hydrogen (secondary N) is 2. The van der Waals surface area contributed by atoms with Crippen LogP contribution in [0.4, 0.5) is 36.3 Å². The molecule has 1 fully saturated rings. The fourth-order valence-corrected chi connectivity index (χ4v) is 7.59. The van der Waals surface area contributed by atoms with Crippen molar-refractivity contribution in [2.24, 2.45) is 0 Å². The summed E-state index contributed by atoms with van der Waals surface area (Å²) in [6, 6.07) is 10.2. The molecular formula is C31H37F3N5O5P. The first-order valence-corrected chi connectivity index (χ1v) is 16.7. The quantitative estimate of drug-likeness (QED) is 0.183. The number of carbonyl (C=O) groups is 1. The number of aliphatic hydroxyl groups is 1. The summed E-state index contributed by atoms with van der Waals surface area (Å²) in [6.07, 6.45) is -1.45. The average molecular weight is 648 g/mol. The third-order valence-corrected chi connectivity index (χ3v) is 10.1. The molecule has 0 radical (unpaired) electrons. The molecule has 3 N–H and O–H groups in total. The van der Waals surface area contributed by atoms with E-state index in [9.17, 15) is 27.6 Å². The number of aromatic nitrogens is 2. The molecule has 45 heavy (non-hydrogen) atoms. The molecule has 1 aliphatic heterocycles. The molecule has 1 saturated carbocycles. The number of halogens is 3. The Bertz CT molecular complexity index is 1570. The summed E-state index contributed by atoms with van der Waals surface area (Å²) in [5.74, 6) is -0.716. The number of anilines is 4.